The van der Waals surface area contributed by atoms with Crippen molar-refractivity contribution in [3.8, 4) is 5.75 Å². The van der Waals surface area contributed by atoms with Crippen molar-refractivity contribution in [1.82, 2.24) is 21.3 Å². The van der Waals surface area contributed by atoms with Crippen LogP contribution in [0.1, 0.15) is 27.8 Å². The van der Waals surface area contributed by atoms with Crippen molar-refractivity contribution in [2.45, 2.75) is 50.7 Å². The average Bonchev–Trinajstić information content (AvgIpc) is 3.29. The van der Waals surface area contributed by atoms with E-state index in [0.29, 0.717) is 0 Å². The zero-order chi connectivity index (χ0) is 30.3. The Kier molecular flexibility index (Phi) is 10.0. The number of phenols is 1. The van der Waals surface area contributed by atoms with Crippen LogP contribution in [0.3, 0.4) is 0 Å². The minimum absolute atomic E-state index is 0.117. The van der Waals surface area contributed by atoms with Crippen LogP contribution < -0.4 is 32.7 Å². The van der Waals surface area contributed by atoms with Gasteiger partial charge in [0.15, 0.2) is 0 Å². The Labute approximate surface area is 237 Å². The topological polar surface area (TPSA) is 226 Å². The summed E-state index contributed by atoms with van der Waals surface area (Å²) in [6.45, 7) is 1.93. The largest absolute Gasteiger partial charge is 0.508 e. The van der Waals surface area contributed by atoms with Gasteiger partial charge in [0.05, 0.1) is 25.7 Å². The molecule has 3 rings (SSSR count). The summed E-state index contributed by atoms with van der Waals surface area (Å²) < 4.78 is 0. The molecule has 0 heterocycles. The number of phenolic OH excluding ortho intramolecular Hbond substituents is 1. The molecule has 41 heavy (non-hydrogen) atoms. The summed E-state index contributed by atoms with van der Waals surface area (Å²) in [5.41, 5.74) is 13.8. The van der Waals surface area contributed by atoms with Gasteiger partial charge in [-0.3, -0.25) is 24.0 Å². The molecule has 13 nitrogen and oxygen atoms in total. The Balaban J connectivity index is 1.63. The highest BCUT2D eigenvalue weighted by Gasteiger charge is 2.45. The molecule has 0 bridgehead atoms. The van der Waals surface area contributed by atoms with E-state index >= 15 is 0 Å². The SMILES string of the molecule is Cc1cc(O)cc(C)c1CC(N)C(=O)NCC(=O)NC1(C(=O)NCC(=O)NC(CO)C(N)=O)Cc2ccccc2C1. The number of rotatable bonds is 12. The van der Waals surface area contributed by atoms with Gasteiger partial charge in [-0.15, -0.1) is 0 Å². The summed E-state index contributed by atoms with van der Waals surface area (Å²) in [4.78, 5) is 62.4. The molecule has 2 aromatic carbocycles. The van der Waals surface area contributed by atoms with Gasteiger partial charge in [0.25, 0.3) is 0 Å². The number of primary amides is 1. The van der Waals surface area contributed by atoms with Crippen molar-refractivity contribution < 1.29 is 34.2 Å². The Bertz CT molecular complexity index is 1300. The number of nitrogens with one attached hydrogen (secondary N) is 4. The van der Waals surface area contributed by atoms with Crippen molar-refractivity contribution in [1.29, 1.82) is 0 Å². The van der Waals surface area contributed by atoms with Gasteiger partial charge in [0.1, 0.15) is 17.3 Å². The summed E-state index contributed by atoms with van der Waals surface area (Å²) >= 11 is 0. The highest BCUT2D eigenvalue weighted by molar-refractivity contribution is 5.97. The molecule has 0 saturated carbocycles. The third-order valence-corrected chi connectivity index (χ3v) is 7.05. The summed E-state index contributed by atoms with van der Waals surface area (Å²) in [5, 5.41) is 28.8. The summed E-state index contributed by atoms with van der Waals surface area (Å²) in [5.74, 6) is -3.41. The number of benzene rings is 2. The van der Waals surface area contributed by atoms with Crippen LogP contribution in [-0.4, -0.2) is 77.1 Å². The van der Waals surface area contributed by atoms with E-state index in [1.807, 2.05) is 12.1 Å². The quantitative estimate of drug-likeness (QED) is 0.139. The first-order valence-electron chi connectivity index (χ1n) is 13.0. The number of carbonyl (C=O) groups is 5. The van der Waals surface area contributed by atoms with Crippen LogP contribution >= 0.6 is 0 Å². The lowest BCUT2D eigenvalue weighted by molar-refractivity contribution is -0.135. The fraction of sp³-hybridized carbons (Fsp3) is 0.393. The van der Waals surface area contributed by atoms with Crippen molar-refractivity contribution in [2.75, 3.05) is 19.7 Å². The van der Waals surface area contributed by atoms with Crippen molar-refractivity contribution in [2.24, 2.45) is 11.5 Å². The van der Waals surface area contributed by atoms with Gasteiger partial charge in [0, 0.05) is 12.8 Å². The van der Waals surface area contributed by atoms with Crippen LogP contribution in [0.2, 0.25) is 0 Å². The van der Waals surface area contributed by atoms with E-state index in [2.05, 4.69) is 21.3 Å². The number of aliphatic hydroxyl groups excluding tert-OH is 1. The predicted octanol–water partition coefficient (Wildman–Crippen LogP) is -2.27. The number of carbonyl (C=O) groups excluding carboxylic acids is 5. The highest BCUT2D eigenvalue weighted by Crippen LogP contribution is 2.30. The van der Waals surface area contributed by atoms with Crippen LogP contribution in [0.15, 0.2) is 36.4 Å². The number of hydrogen-bond acceptors (Lipinski definition) is 8. The summed E-state index contributed by atoms with van der Waals surface area (Å²) in [7, 11) is 0. The highest BCUT2D eigenvalue weighted by atomic mass is 16.3. The molecule has 2 atom stereocenters. The van der Waals surface area contributed by atoms with Crippen molar-refractivity contribution in [3.05, 3.63) is 64.2 Å². The van der Waals surface area contributed by atoms with Gasteiger partial charge in [-0.1, -0.05) is 24.3 Å². The Hall–Kier alpha value is -4.49. The maximum absolute atomic E-state index is 13.3. The lowest BCUT2D eigenvalue weighted by Gasteiger charge is -2.29. The molecule has 0 spiro atoms. The molecule has 0 aromatic heterocycles. The zero-order valence-electron chi connectivity index (χ0n) is 23.0. The van der Waals surface area contributed by atoms with E-state index in [1.165, 1.54) is 0 Å². The fourth-order valence-corrected chi connectivity index (χ4v) is 4.92. The van der Waals surface area contributed by atoms with Crippen LogP contribution in [0.5, 0.6) is 5.75 Å². The third kappa shape index (κ3) is 7.80. The van der Waals surface area contributed by atoms with Gasteiger partial charge in [-0.2, -0.15) is 0 Å². The molecule has 5 amide bonds. The molecule has 1 aliphatic rings. The number of amides is 5. The molecule has 2 aromatic rings. The molecular weight excluding hydrogens is 532 g/mol. The predicted molar refractivity (Wildman–Crippen MR) is 148 cm³/mol. The first kappa shape index (κ1) is 31.0. The summed E-state index contributed by atoms with van der Waals surface area (Å²) in [6, 6.07) is 8.17. The monoisotopic (exact) mass is 568 g/mol. The average molecular weight is 569 g/mol. The first-order valence-corrected chi connectivity index (χ1v) is 13.0. The Morgan fingerprint density at radius 1 is 0.951 bits per heavy atom. The second-order valence-corrected chi connectivity index (χ2v) is 10.2. The van der Waals surface area contributed by atoms with Crippen LogP contribution in [0, 0.1) is 13.8 Å². The molecule has 220 valence electrons. The standard InChI is InChI=1S/C28H36N6O7/c1-15-7-19(36)8-16(2)20(15)9-21(29)26(40)31-13-24(38)34-28(10-17-5-3-4-6-18(17)11-28)27(41)32-12-23(37)33-22(14-35)25(30)39/h3-8,21-22,35-36H,9-14,29H2,1-2H3,(H2,30,39)(H,31,40)(H,32,41)(H,33,37)(H,34,38). The van der Waals surface area contributed by atoms with Crippen LogP contribution in [0.4, 0.5) is 0 Å². The molecular formula is C28H36N6O7. The van der Waals surface area contributed by atoms with Gasteiger partial charge < -0.3 is 42.9 Å². The van der Waals surface area contributed by atoms with E-state index in [4.69, 9.17) is 11.5 Å². The molecule has 10 N–H and O–H groups in total. The Morgan fingerprint density at radius 2 is 1.51 bits per heavy atom. The number of aromatic hydroxyl groups is 1. The normalized spacial score (nSPS) is 14.7. The van der Waals surface area contributed by atoms with E-state index in [9.17, 15) is 34.2 Å². The number of nitrogens with two attached hydrogens (primary N) is 2. The lowest BCUT2D eigenvalue weighted by Crippen LogP contribution is -2.62. The number of hydrogen-bond donors (Lipinski definition) is 8. The summed E-state index contributed by atoms with van der Waals surface area (Å²) in [6.07, 6.45) is 0.494. The van der Waals surface area contributed by atoms with Crippen molar-refractivity contribution in [3.63, 3.8) is 0 Å². The van der Waals surface area contributed by atoms with Gasteiger partial charge in [-0.25, -0.2) is 0 Å². The molecule has 13 heteroatoms. The maximum atomic E-state index is 13.3. The molecule has 0 fully saturated rings. The second kappa shape index (κ2) is 13.2. The number of aliphatic hydroxyl groups is 1. The smallest absolute Gasteiger partial charge is 0.246 e. The number of fused-ring (bicyclic) bond motifs is 1. The Morgan fingerprint density at radius 3 is 2.05 bits per heavy atom. The van der Waals surface area contributed by atoms with E-state index in [1.54, 1.807) is 38.1 Å². The molecule has 0 saturated heterocycles. The second-order valence-electron chi connectivity index (χ2n) is 10.2. The minimum Gasteiger partial charge on any atom is -0.508 e. The van der Waals surface area contributed by atoms with Gasteiger partial charge in [0.2, 0.25) is 29.5 Å². The molecule has 0 aliphatic heterocycles. The molecule has 1 aliphatic carbocycles. The van der Waals surface area contributed by atoms with Crippen LogP contribution in [-0.2, 0) is 43.2 Å². The molecule has 2 unspecified atom stereocenters. The third-order valence-electron chi connectivity index (χ3n) is 7.05. The maximum Gasteiger partial charge on any atom is 0.246 e. The first-order chi connectivity index (χ1) is 19.3. The van der Waals surface area contributed by atoms with Gasteiger partial charge in [-0.05, 0) is 60.2 Å². The molecule has 0 radical (unpaired) electrons. The van der Waals surface area contributed by atoms with Gasteiger partial charge >= 0.3 is 0 Å². The van der Waals surface area contributed by atoms with Crippen LogP contribution in [0.25, 0.3) is 0 Å². The minimum atomic E-state index is -1.44. The fourth-order valence-electron chi connectivity index (χ4n) is 4.92. The zero-order valence-corrected chi connectivity index (χ0v) is 23.0. The van der Waals surface area contributed by atoms with E-state index in [-0.39, 0.29) is 25.0 Å². The van der Waals surface area contributed by atoms with E-state index < -0.39 is 66.9 Å². The van der Waals surface area contributed by atoms with E-state index in [0.717, 1.165) is 27.8 Å². The number of aryl methyl sites for hydroxylation is 2. The lowest BCUT2D eigenvalue weighted by atomic mass is 9.94. The van der Waals surface area contributed by atoms with Crippen molar-refractivity contribution >= 4 is 29.5 Å².